The van der Waals surface area contributed by atoms with Crippen molar-refractivity contribution in [3.05, 3.63) is 252 Å². The first kappa shape index (κ1) is 75.1. The molecule has 12 rings (SSSR count). The van der Waals surface area contributed by atoms with E-state index in [0.717, 1.165) is 151 Å². The first-order valence-corrected chi connectivity index (χ1v) is 33.2. The van der Waals surface area contributed by atoms with Crippen LogP contribution in [0.1, 0.15) is 102 Å². The molecule has 5 aromatic heterocycles. The van der Waals surface area contributed by atoms with E-state index in [9.17, 15) is 17.6 Å². The summed E-state index contributed by atoms with van der Waals surface area (Å²) in [6, 6.07) is 48.2. The Labute approximate surface area is 604 Å². The van der Waals surface area contributed by atoms with Crippen molar-refractivity contribution in [3.8, 4) is 68.8 Å². The lowest BCUT2D eigenvalue weighted by atomic mass is 10.0. The Balaban J connectivity index is 0.000000160. The molecule has 522 valence electrons. The quantitative estimate of drug-likeness (QED) is 0.104. The fourth-order valence-corrected chi connectivity index (χ4v) is 12.6. The first-order chi connectivity index (χ1) is 48.9. The fraction of sp³-hybridized carbons (Fsp3) is 0.222. The molecule has 0 saturated heterocycles. The molecular formula is C81H74BrF4N13O4. The maximum atomic E-state index is 14.0. The van der Waals surface area contributed by atoms with Crippen molar-refractivity contribution >= 4 is 61.4 Å². The summed E-state index contributed by atoms with van der Waals surface area (Å²) in [5, 5.41) is 52.1. The van der Waals surface area contributed by atoms with Gasteiger partial charge in [-0.05, 0) is 241 Å². The molecule has 103 heavy (non-hydrogen) atoms. The smallest absolute Gasteiger partial charge is 0.361 e. The van der Waals surface area contributed by atoms with E-state index in [0.29, 0.717) is 28.4 Å². The average molecular weight is 1450 g/mol. The Bertz CT molecular complexity index is 4890. The van der Waals surface area contributed by atoms with E-state index >= 15 is 0 Å². The van der Waals surface area contributed by atoms with Crippen LogP contribution in [-0.4, -0.2) is 53.8 Å². The Kier molecular flexibility index (Phi) is 23.0. The number of hydrogen-bond acceptors (Lipinski definition) is 17. The summed E-state index contributed by atoms with van der Waals surface area (Å²) in [5.74, 6) is 2.54. The van der Waals surface area contributed by atoms with Crippen LogP contribution in [0.3, 0.4) is 0 Å². The van der Waals surface area contributed by atoms with Gasteiger partial charge in [0.1, 0.15) is 52.8 Å². The number of aromatic nitrogens is 5. The lowest BCUT2D eigenvalue weighted by Gasteiger charge is -2.24. The SMILES string of the molecule is Cc1ccc(-c2c(C)noc2C)cc1N(C)c1ccc(C#N)c(Br)c1.Cc1ccc(-c2c(C)noc2C)cc1N(C)c1ccc(C#N)c(C(F)(F)F)c1.Cc1ccc(-c2c(C)noc2C)cc1N(C)c1ccc(C#N)c(F)c1.Cc1ccc(-c2c(C)noc2C)cc1N(C)c1cnc(C#N)c(C)c1. The molecule has 0 unspecified atom stereocenters. The van der Waals surface area contributed by atoms with Crippen LogP contribution in [0.4, 0.5) is 63.1 Å². The molecule has 0 bridgehead atoms. The Morgan fingerprint density at radius 1 is 0.369 bits per heavy atom. The molecule has 22 heteroatoms. The number of hydrogen-bond donors (Lipinski definition) is 0. The third-order valence-electron chi connectivity index (χ3n) is 17.9. The number of anilines is 8. The fourth-order valence-electron chi connectivity index (χ4n) is 12.2. The Hall–Kier alpha value is -12.1. The summed E-state index contributed by atoms with van der Waals surface area (Å²) in [7, 11) is 7.59. The summed E-state index contributed by atoms with van der Waals surface area (Å²) in [4.78, 5) is 12.0. The minimum Gasteiger partial charge on any atom is -0.361 e. The van der Waals surface area contributed by atoms with E-state index < -0.39 is 23.1 Å². The number of halogens is 5. The monoisotopic (exact) mass is 1450 g/mol. The van der Waals surface area contributed by atoms with Gasteiger partial charge in [0.15, 0.2) is 0 Å². The summed E-state index contributed by atoms with van der Waals surface area (Å²) < 4.78 is 75.8. The van der Waals surface area contributed by atoms with Gasteiger partial charge in [0.05, 0.1) is 63.0 Å². The molecule has 0 aliphatic carbocycles. The van der Waals surface area contributed by atoms with Gasteiger partial charge in [-0.25, -0.2) is 9.37 Å². The van der Waals surface area contributed by atoms with E-state index in [1.807, 2.05) is 169 Å². The van der Waals surface area contributed by atoms with Crippen LogP contribution >= 0.6 is 15.9 Å². The highest BCUT2D eigenvalue weighted by Gasteiger charge is 2.34. The molecular weight excluding hydrogens is 1370 g/mol. The van der Waals surface area contributed by atoms with Crippen molar-refractivity contribution in [1.82, 2.24) is 25.6 Å². The second-order valence-electron chi connectivity index (χ2n) is 24.9. The topological polar surface area (TPSA) is 225 Å². The second kappa shape index (κ2) is 31.6. The molecule has 0 N–H and O–H groups in total. The van der Waals surface area contributed by atoms with Crippen LogP contribution in [0.2, 0.25) is 0 Å². The maximum Gasteiger partial charge on any atom is 0.417 e. The van der Waals surface area contributed by atoms with Gasteiger partial charge in [-0.3, -0.25) is 0 Å². The summed E-state index contributed by atoms with van der Waals surface area (Å²) in [6.45, 7) is 25.1. The number of nitrogens with zero attached hydrogens (tertiary/aromatic N) is 13. The van der Waals surface area contributed by atoms with Crippen LogP contribution in [0.25, 0.3) is 44.5 Å². The van der Waals surface area contributed by atoms with Gasteiger partial charge < -0.3 is 37.7 Å². The minimum absolute atomic E-state index is 0.0401. The maximum absolute atomic E-state index is 14.0. The van der Waals surface area contributed by atoms with Crippen molar-refractivity contribution in [2.24, 2.45) is 0 Å². The summed E-state index contributed by atoms with van der Waals surface area (Å²) in [5.41, 5.74) is 23.0. The first-order valence-electron chi connectivity index (χ1n) is 32.4. The molecule has 17 nitrogen and oxygen atoms in total. The third kappa shape index (κ3) is 16.4. The van der Waals surface area contributed by atoms with E-state index in [4.69, 9.17) is 39.1 Å². The van der Waals surface area contributed by atoms with Gasteiger partial charge in [0, 0.05) is 94.7 Å². The van der Waals surface area contributed by atoms with Crippen LogP contribution in [-0.2, 0) is 6.18 Å². The van der Waals surface area contributed by atoms with Crippen molar-refractivity contribution in [1.29, 1.82) is 21.0 Å². The number of rotatable bonds is 12. The third-order valence-corrected chi connectivity index (χ3v) is 18.5. The van der Waals surface area contributed by atoms with Crippen LogP contribution in [0.5, 0.6) is 0 Å². The lowest BCUT2D eigenvalue weighted by Crippen LogP contribution is -2.14. The Morgan fingerprint density at radius 3 is 0.981 bits per heavy atom. The minimum atomic E-state index is -4.60. The zero-order valence-corrected chi connectivity index (χ0v) is 61.7. The predicted molar refractivity (Wildman–Crippen MR) is 397 cm³/mol. The van der Waals surface area contributed by atoms with E-state index in [-0.39, 0.29) is 5.56 Å². The van der Waals surface area contributed by atoms with Gasteiger partial charge in [-0.2, -0.15) is 34.2 Å². The zero-order chi connectivity index (χ0) is 75.0. The van der Waals surface area contributed by atoms with Crippen LogP contribution in [0, 0.1) is 141 Å². The Morgan fingerprint density at radius 2 is 0.689 bits per heavy atom. The molecule has 12 aromatic rings. The molecule has 0 amide bonds. The van der Waals surface area contributed by atoms with E-state index in [1.165, 1.54) is 29.8 Å². The molecule has 0 spiro atoms. The predicted octanol–water partition coefficient (Wildman–Crippen LogP) is 21.2. The highest BCUT2D eigenvalue weighted by Crippen LogP contribution is 2.41. The number of alkyl halides is 3. The molecule has 0 fully saturated rings. The van der Waals surface area contributed by atoms with Gasteiger partial charge in [0.25, 0.3) is 0 Å². The van der Waals surface area contributed by atoms with Gasteiger partial charge >= 0.3 is 6.18 Å². The van der Waals surface area contributed by atoms with E-state index in [1.54, 1.807) is 30.3 Å². The van der Waals surface area contributed by atoms with Gasteiger partial charge in [-0.15, -0.1) is 0 Å². The lowest BCUT2D eigenvalue weighted by molar-refractivity contribution is -0.137. The number of nitriles is 4. The van der Waals surface area contributed by atoms with Gasteiger partial charge in [-0.1, -0.05) is 69.2 Å². The molecule has 0 atom stereocenters. The highest BCUT2D eigenvalue weighted by molar-refractivity contribution is 9.10. The largest absolute Gasteiger partial charge is 0.417 e. The van der Waals surface area contributed by atoms with Crippen molar-refractivity contribution < 1.29 is 35.7 Å². The van der Waals surface area contributed by atoms with Gasteiger partial charge in [0.2, 0.25) is 0 Å². The van der Waals surface area contributed by atoms with E-state index in [2.05, 4.69) is 114 Å². The number of aryl methyl sites for hydroxylation is 13. The molecule has 7 aromatic carbocycles. The average Bonchev–Trinajstić information content (AvgIpc) is 1.75. The standard InChI is InChI=1S/C21H18F3N3O.C20H18BrN3O.C20H18FN3O.C20H20N4O/c1-12-5-6-15(20-13(2)26-28-14(20)3)9-19(12)27(4)17-8-7-16(11-25)18(10-17)21(22,23)24;2*1-12-5-6-15(20-13(2)23-25-14(20)3)9-19(12)24(4)17-8-7-16(11-22)18(21)10-17;1-12-6-7-16(20-14(3)23-25-15(20)4)9-19(12)24(5)17-8-13(2)18(10-21)22-11-17/h5-10H,1-4H3;2*5-10H,1-4H3;6-9,11H,1-5H3. The molecule has 0 aliphatic rings. The summed E-state index contributed by atoms with van der Waals surface area (Å²) >= 11 is 3.46. The number of benzene rings is 7. The summed E-state index contributed by atoms with van der Waals surface area (Å²) in [6.07, 6.45) is -2.87. The molecule has 0 saturated carbocycles. The van der Waals surface area contributed by atoms with Crippen molar-refractivity contribution in [3.63, 3.8) is 0 Å². The molecule has 5 heterocycles. The molecule has 0 aliphatic heterocycles. The zero-order valence-electron chi connectivity index (χ0n) is 60.1. The second-order valence-corrected chi connectivity index (χ2v) is 25.8. The van der Waals surface area contributed by atoms with Crippen molar-refractivity contribution in [2.45, 2.75) is 96.2 Å². The van der Waals surface area contributed by atoms with Crippen LogP contribution in [0.15, 0.2) is 162 Å². The highest BCUT2D eigenvalue weighted by atomic mass is 79.9. The molecule has 0 radical (unpaired) electrons. The van der Waals surface area contributed by atoms with Crippen LogP contribution < -0.4 is 19.6 Å². The number of pyridine rings is 1. The normalized spacial score (nSPS) is 10.8. The van der Waals surface area contributed by atoms with Crippen molar-refractivity contribution in [2.75, 3.05) is 47.8 Å².